The van der Waals surface area contributed by atoms with E-state index < -0.39 is 0 Å². The molecular weight excluding hydrogens is 340 g/mol. The molecule has 2 fully saturated rings. The summed E-state index contributed by atoms with van der Waals surface area (Å²) in [6.07, 6.45) is 7.61. The molecule has 0 bridgehead atoms. The number of hydrogen-bond acceptors (Lipinski definition) is 5. The molecule has 7 nitrogen and oxygen atoms in total. The van der Waals surface area contributed by atoms with Crippen molar-refractivity contribution in [2.24, 2.45) is 11.3 Å². The van der Waals surface area contributed by atoms with Crippen molar-refractivity contribution in [2.45, 2.75) is 13.0 Å². The van der Waals surface area contributed by atoms with E-state index >= 15 is 0 Å². The van der Waals surface area contributed by atoms with Gasteiger partial charge in [0.1, 0.15) is 0 Å². The maximum absolute atomic E-state index is 12.9. The summed E-state index contributed by atoms with van der Waals surface area (Å²) in [7, 11) is 4.26. The maximum atomic E-state index is 12.9. The number of carbonyl (C=O) groups is 1. The Morgan fingerprint density at radius 1 is 1.30 bits per heavy atom. The molecule has 1 amide bonds. The molecule has 7 heteroatoms. The zero-order valence-electron chi connectivity index (χ0n) is 16.1. The Balaban J connectivity index is 1.44. The van der Waals surface area contributed by atoms with Crippen LogP contribution < -0.4 is 0 Å². The normalized spacial score (nSPS) is 25.3. The zero-order valence-corrected chi connectivity index (χ0v) is 16.1. The van der Waals surface area contributed by atoms with E-state index in [-0.39, 0.29) is 11.3 Å². The first-order valence-corrected chi connectivity index (χ1v) is 9.55. The number of amides is 1. The number of aromatic nitrogens is 3. The highest BCUT2D eigenvalue weighted by Crippen LogP contribution is 2.43. The Bertz CT molecular complexity index is 762. The number of fused-ring (bicyclic) bond motifs is 1. The van der Waals surface area contributed by atoms with Gasteiger partial charge in [-0.05, 0) is 31.6 Å². The molecule has 2 aliphatic rings. The van der Waals surface area contributed by atoms with Crippen molar-refractivity contribution in [3.05, 3.63) is 48.3 Å². The minimum absolute atomic E-state index is 0.147. The van der Waals surface area contributed by atoms with Gasteiger partial charge in [-0.2, -0.15) is 0 Å². The zero-order chi connectivity index (χ0) is 18.9. The number of pyridine rings is 1. The lowest BCUT2D eigenvalue weighted by molar-refractivity contribution is -0.130. The lowest BCUT2D eigenvalue weighted by atomic mass is 9.80. The summed E-state index contributed by atoms with van der Waals surface area (Å²) in [6, 6.07) is 3.87. The molecule has 4 rings (SSSR count). The minimum atomic E-state index is 0.147. The van der Waals surface area contributed by atoms with E-state index in [1.165, 1.54) is 0 Å². The summed E-state index contributed by atoms with van der Waals surface area (Å²) in [5.41, 5.74) is 2.29. The number of carbonyl (C=O) groups excluding carboxylic acids is 1. The average Bonchev–Trinajstić information content (AvgIpc) is 3.30. The van der Waals surface area contributed by atoms with Crippen molar-refractivity contribution < 1.29 is 4.79 Å². The Morgan fingerprint density at radius 2 is 2.19 bits per heavy atom. The number of imidazole rings is 1. The Hall–Kier alpha value is -2.25. The predicted octanol–water partition coefficient (Wildman–Crippen LogP) is 0.869. The van der Waals surface area contributed by atoms with Gasteiger partial charge in [0, 0.05) is 69.0 Å². The van der Waals surface area contributed by atoms with Crippen LogP contribution in [-0.2, 0) is 17.8 Å². The van der Waals surface area contributed by atoms with Gasteiger partial charge in [0.25, 0.3) is 0 Å². The van der Waals surface area contributed by atoms with E-state index in [0.717, 1.165) is 50.5 Å². The van der Waals surface area contributed by atoms with Crippen molar-refractivity contribution in [3.8, 4) is 0 Å². The first-order valence-electron chi connectivity index (χ1n) is 9.55. The number of nitrogens with zero attached hydrogens (tertiary/aromatic N) is 5. The van der Waals surface area contributed by atoms with Crippen molar-refractivity contribution in [1.82, 2.24) is 29.7 Å². The van der Waals surface area contributed by atoms with Crippen LogP contribution >= 0.6 is 0 Å². The molecule has 2 aliphatic heterocycles. The van der Waals surface area contributed by atoms with Gasteiger partial charge in [-0.25, -0.2) is 4.98 Å². The topological polar surface area (TPSA) is 68.4 Å². The van der Waals surface area contributed by atoms with Crippen LogP contribution in [0.5, 0.6) is 0 Å². The number of likely N-dealkylation sites (tertiary alicyclic amines) is 2. The number of hydrogen-bond donors (Lipinski definition) is 1. The molecule has 144 valence electrons. The van der Waals surface area contributed by atoms with E-state index in [4.69, 9.17) is 0 Å². The molecule has 2 aromatic rings. The number of rotatable bonds is 6. The first kappa shape index (κ1) is 18.1. The SMILES string of the molecule is CN(C)CC12CN(Cc3cnc[nH]3)CC1CN(C(=O)Cc1cccnc1)C2. The molecule has 0 aromatic carbocycles. The quantitative estimate of drug-likeness (QED) is 0.819. The molecule has 27 heavy (non-hydrogen) atoms. The second-order valence-electron chi connectivity index (χ2n) is 8.36. The third kappa shape index (κ3) is 3.89. The summed E-state index contributed by atoms with van der Waals surface area (Å²) in [6.45, 7) is 5.65. The molecule has 0 spiro atoms. The van der Waals surface area contributed by atoms with Gasteiger partial charge < -0.3 is 14.8 Å². The second-order valence-corrected chi connectivity index (χ2v) is 8.36. The summed E-state index contributed by atoms with van der Waals surface area (Å²) >= 11 is 0. The molecule has 1 N–H and O–H groups in total. The van der Waals surface area contributed by atoms with Gasteiger partial charge in [0.15, 0.2) is 0 Å². The fraction of sp³-hybridized carbons (Fsp3) is 0.550. The predicted molar refractivity (Wildman–Crippen MR) is 103 cm³/mol. The van der Waals surface area contributed by atoms with Crippen molar-refractivity contribution in [2.75, 3.05) is 46.8 Å². The molecule has 4 heterocycles. The smallest absolute Gasteiger partial charge is 0.227 e. The van der Waals surface area contributed by atoms with E-state index in [1.54, 1.807) is 18.7 Å². The molecule has 0 radical (unpaired) electrons. The molecule has 2 saturated heterocycles. The van der Waals surface area contributed by atoms with E-state index in [0.29, 0.717) is 12.3 Å². The standard InChI is InChI=1S/C20H28N6O/c1-24(2)12-20-13-25(11-18-8-22-15-23-18)9-17(20)10-26(14-20)19(27)6-16-4-3-5-21-7-16/h3-5,7-8,15,17H,6,9-14H2,1-2H3,(H,22,23). The lowest BCUT2D eigenvalue weighted by Gasteiger charge is -2.32. The molecule has 2 aromatic heterocycles. The van der Waals surface area contributed by atoms with Gasteiger partial charge in [-0.15, -0.1) is 0 Å². The van der Waals surface area contributed by atoms with Gasteiger partial charge in [-0.1, -0.05) is 6.07 Å². The van der Waals surface area contributed by atoms with E-state index in [1.807, 2.05) is 18.3 Å². The van der Waals surface area contributed by atoms with E-state index in [2.05, 4.69) is 43.7 Å². The number of H-pyrrole nitrogens is 1. The number of nitrogens with one attached hydrogen (secondary N) is 1. The highest BCUT2D eigenvalue weighted by Gasteiger charge is 2.53. The maximum Gasteiger partial charge on any atom is 0.227 e. The Kier molecular flexibility index (Phi) is 4.97. The van der Waals surface area contributed by atoms with Gasteiger partial charge in [0.2, 0.25) is 5.91 Å². The van der Waals surface area contributed by atoms with Crippen molar-refractivity contribution >= 4 is 5.91 Å². The molecular formula is C20H28N6O. The second kappa shape index (κ2) is 7.40. The van der Waals surface area contributed by atoms with Crippen molar-refractivity contribution in [3.63, 3.8) is 0 Å². The Morgan fingerprint density at radius 3 is 2.89 bits per heavy atom. The molecule has 2 atom stereocenters. The van der Waals surface area contributed by atoms with Crippen LogP contribution in [0.3, 0.4) is 0 Å². The third-order valence-corrected chi connectivity index (χ3v) is 5.84. The summed E-state index contributed by atoms with van der Waals surface area (Å²) in [5.74, 6) is 0.733. The van der Waals surface area contributed by atoms with Gasteiger partial charge >= 0.3 is 0 Å². The fourth-order valence-electron chi connectivity index (χ4n) is 4.86. The highest BCUT2D eigenvalue weighted by molar-refractivity contribution is 5.79. The molecule has 2 unspecified atom stereocenters. The van der Waals surface area contributed by atoms with Crippen molar-refractivity contribution in [1.29, 1.82) is 0 Å². The van der Waals surface area contributed by atoms with Crippen LogP contribution in [0.2, 0.25) is 0 Å². The summed E-state index contributed by atoms with van der Waals surface area (Å²) in [4.78, 5) is 31.2. The van der Waals surface area contributed by atoms with Crippen LogP contribution in [0.25, 0.3) is 0 Å². The highest BCUT2D eigenvalue weighted by atomic mass is 16.2. The molecule has 0 saturated carbocycles. The summed E-state index contributed by atoms with van der Waals surface area (Å²) in [5, 5.41) is 0. The van der Waals surface area contributed by atoms with Crippen LogP contribution in [0, 0.1) is 11.3 Å². The summed E-state index contributed by atoms with van der Waals surface area (Å²) < 4.78 is 0. The number of aromatic amines is 1. The largest absolute Gasteiger partial charge is 0.347 e. The fourth-order valence-corrected chi connectivity index (χ4v) is 4.86. The molecule has 0 aliphatic carbocycles. The lowest BCUT2D eigenvalue weighted by Crippen LogP contribution is -2.43. The van der Waals surface area contributed by atoms with Gasteiger partial charge in [-0.3, -0.25) is 14.7 Å². The monoisotopic (exact) mass is 368 g/mol. The third-order valence-electron chi connectivity index (χ3n) is 5.84. The van der Waals surface area contributed by atoms with Crippen LogP contribution in [-0.4, -0.2) is 82.4 Å². The van der Waals surface area contributed by atoms with Gasteiger partial charge in [0.05, 0.1) is 12.7 Å². The Labute approximate surface area is 160 Å². The van der Waals surface area contributed by atoms with Crippen LogP contribution in [0.4, 0.5) is 0 Å². The average molecular weight is 368 g/mol. The minimum Gasteiger partial charge on any atom is -0.347 e. The van der Waals surface area contributed by atoms with E-state index in [9.17, 15) is 4.79 Å². The van der Waals surface area contributed by atoms with Crippen LogP contribution in [0.15, 0.2) is 37.1 Å². The first-order chi connectivity index (χ1) is 13.0. The van der Waals surface area contributed by atoms with Crippen LogP contribution in [0.1, 0.15) is 11.3 Å².